The molecular weight excluding hydrogens is 442 g/mol. The first-order valence-electron chi connectivity index (χ1n) is 12.2. The molecule has 3 aromatic rings. The first kappa shape index (κ1) is 24.3. The average Bonchev–Trinajstić information content (AvgIpc) is 3.10. The molecule has 0 unspecified atom stereocenters. The molecule has 2 aromatic heterocycles. The van der Waals surface area contributed by atoms with Gasteiger partial charge in [0.25, 0.3) is 0 Å². The summed E-state index contributed by atoms with van der Waals surface area (Å²) in [6.07, 6.45) is 5.89. The molecule has 35 heavy (non-hydrogen) atoms. The molecule has 4 rings (SSSR count). The van der Waals surface area contributed by atoms with Gasteiger partial charge < -0.3 is 19.7 Å². The largest absolute Gasteiger partial charge is 0.466 e. The van der Waals surface area contributed by atoms with Gasteiger partial charge in [-0.05, 0) is 55.0 Å². The van der Waals surface area contributed by atoms with E-state index in [0.717, 1.165) is 43.6 Å². The van der Waals surface area contributed by atoms with Crippen LogP contribution in [0.3, 0.4) is 0 Å². The van der Waals surface area contributed by atoms with Crippen molar-refractivity contribution >= 4 is 23.9 Å². The average molecular weight is 474 g/mol. The van der Waals surface area contributed by atoms with Crippen LogP contribution < -0.4 is 10.2 Å². The van der Waals surface area contributed by atoms with Gasteiger partial charge in [-0.3, -0.25) is 9.78 Å². The number of hydrogen-bond donors (Lipinski definition) is 1. The monoisotopic (exact) mass is 473 g/mol. The smallest absolute Gasteiger partial charge is 0.307 e. The van der Waals surface area contributed by atoms with Crippen molar-refractivity contribution in [3.05, 3.63) is 65.4 Å². The Morgan fingerprint density at radius 3 is 2.60 bits per heavy atom. The number of rotatable bonds is 10. The molecule has 1 aliphatic rings. The van der Waals surface area contributed by atoms with Crippen LogP contribution in [0.25, 0.3) is 11.5 Å². The Bertz CT molecular complexity index is 1140. The number of carbonyl (C=O) groups excluding carboxylic acids is 2. The summed E-state index contributed by atoms with van der Waals surface area (Å²) in [6, 6.07) is 14.3. The minimum atomic E-state index is -0.246. The standard InChI is InChI=1S/C27H31N5O3/c1-2-35-26(34)10-14-29-24-19-25(32-15-11-21-7-3-4-8-22(21)12-16-32)31-27(30-24)23-18-20(6-5-17-33)9-13-28-23/h3-4,7-9,13,17-19H,2,5-6,10-12,14-16H2,1H3,(H,29,30,31). The van der Waals surface area contributed by atoms with Crippen molar-refractivity contribution in [1.29, 1.82) is 0 Å². The maximum absolute atomic E-state index is 11.8. The van der Waals surface area contributed by atoms with Gasteiger partial charge in [0.15, 0.2) is 5.82 Å². The van der Waals surface area contributed by atoms with Crippen molar-refractivity contribution < 1.29 is 14.3 Å². The van der Waals surface area contributed by atoms with Crippen LogP contribution in [0.15, 0.2) is 48.7 Å². The SMILES string of the molecule is CCOC(=O)CCNc1cc(N2CCc3ccccc3CC2)nc(-c2cc(CCC=O)ccn2)n1. The molecule has 0 fully saturated rings. The second kappa shape index (κ2) is 12.1. The van der Waals surface area contributed by atoms with Gasteiger partial charge in [-0.2, -0.15) is 0 Å². The van der Waals surface area contributed by atoms with E-state index in [1.807, 2.05) is 18.2 Å². The molecule has 8 heteroatoms. The number of ether oxygens (including phenoxy) is 1. The lowest BCUT2D eigenvalue weighted by Gasteiger charge is -2.22. The summed E-state index contributed by atoms with van der Waals surface area (Å²) in [7, 11) is 0. The van der Waals surface area contributed by atoms with Crippen molar-refractivity contribution in [2.24, 2.45) is 0 Å². The van der Waals surface area contributed by atoms with Crippen molar-refractivity contribution in [1.82, 2.24) is 15.0 Å². The maximum Gasteiger partial charge on any atom is 0.307 e. The van der Waals surface area contributed by atoms with Gasteiger partial charge in [-0.15, -0.1) is 0 Å². The van der Waals surface area contributed by atoms with E-state index in [0.29, 0.717) is 43.3 Å². The van der Waals surface area contributed by atoms with Gasteiger partial charge in [0.2, 0.25) is 0 Å². The third-order valence-corrected chi connectivity index (χ3v) is 6.00. The number of fused-ring (bicyclic) bond motifs is 1. The molecule has 0 amide bonds. The molecule has 182 valence electrons. The van der Waals surface area contributed by atoms with E-state index in [-0.39, 0.29) is 12.4 Å². The molecule has 1 N–H and O–H groups in total. The topological polar surface area (TPSA) is 97.3 Å². The predicted molar refractivity (Wildman–Crippen MR) is 135 cm³/mol. The highest BCUT2D eigenvalue weighted by Gasteiger charge is 2.18. The van der Waals surface area contributed by atoms with E-state index < -0.39 is 0 Å². The van der Waals surface area contributed by atoms with Crippen LogP contribution >= 0.6 is 0 Å². The van der Waals surface area contributed by atoms with Crippen LogP contribution in [0, 0.1) is 0 Å². The van der Waals surface area contributed by atoms with Crippen molar-refractivity contribution in [3.63, 3.8) is 0 Å². The van der Waals surface area contributed by atoms with Crippen LogP contribution in [0.2, 0.25) is 0 Å². The molecule has 0 aliphatic carbocycles. The third-order valence-electron chi connectivity index (χ3n) is 6.00. The Balaban J connectivity index is 1.60. The van der Waals surface area contributed by atoms with Crippen LogP contribution in [-0.4, -0.2) is 53.4 Å². The summed E-state index contributed by atoms with van der Waals surface area (Å²) in [5.74, 6) is 1.72. The molecule has 1 aliphatic heterocycles. The van der Waals surface area contributed by atoms with Crippen molar-refractivity contribution in [2.45, 2.75) is 39.0 Å². The van der Waals surface area contributed by atoms with Gasteiger partial charge in [-0.25, -0.2) is 9.97 Å². The van der Waals surface area contributed by atoms with E-state index in [1.54, 1.807) is 13.1 Å². The Labute approximate surface area is 205 Å². The van der Waals surface area contributed by atoms with Crippen LogP contribution in [-0.2, 0) is 33.6 Å². The highest BCUT2D eigenvalue weighted by atomic mass is 16.5. The van der Waals surface area contributed by atoms with E-state index in [2.05, 4.69) is 39.5 Å². The predicted octanol–water partition coefficient (Wildman–Crippen LogP) is 3.64. The van der Waals surface area contributed by atoms with E-state index in [4.69, 9.17) is 14.7 Å². The number of esters is 1. The summed E-state index contributed by atoms with van der Waals surface area (Å²) in [4.78, 5) is 38.9. The number of carbonyl (C=O) groups is 2. The van der Waals surface area contributed by atoms with Crippen LogP contribution in [0.5, 0.6) is 0 Å². The fraction of sp³-hybridized carbons (Fsp3) is 0.370. The summed E-state index contributed by atoms with van der Waals surface area (Å²) < 4.78 is 5.03. The molecular formula is C27H31N5O3. The molecule has 8 nitrogen and oxygen atoms in total. The van der Waals surface area contributed by atoms with Crippen LogP contribution in [0.4, 0.5) is 11.6 Å². The molecule has 0 atom stereocenters. The second-order valence-electron chi connectivity index (χ2n) is 8.43. The summed E-state index contributed by atoms with van der Waals surface area (Å²) in [5, 5.41) is 3.25. The molecule has 3 heterocycles. The minimum Gasteiger partial charge on any atom is -0.466 e. The fourth-order valence-electron chi connectivity index (χ4n) is 4.20. The zero-order chi connectivity index (χ0) is 24.5. The highest BCUT2D eigenvalue weighted by Crippen LogP contribution is 2.25. The zero-order valence-electron chi connectivity index (χ0n) is 20.1. The van der Waals surface area contributed by atoms with Gasteiger partial charge in [0, 0.05) is 38.3 Å². The lowest BCUT2D eigenvalue weighted by molar-refractivity contribution is -0.142. The fourth-order valence-corrected chi connectivity index (χ4v) is 4.20. The molecule has 0 saturated heterocycles. The highest BCUT2D eigenvalue weighted by molar-refractivity contribution is 5.70. The Hall–Kier alpha value is -3.81. The van der Waals surface area contributed by atoms with Gasteiger partial charge >= 0.3 is 5.97 Å². The minimum absolute atomic E-state index is 0.246. The number of nitrogens with zero attached hydrogens (tertiary/aromatic N) is 4. The molecule has 0 bridgehead atoms. The number of anilines is 2. The lowest BCUT2D eigenvalue weighted by atomic mass is 10.0. The summed E-state index contributed by atoms with van der Waals surface area (Å²) >= 11 is 0. The number of aromatic nitrogens is 3. The maximum atomic E-state index is 11.8. The molecule has 0 spiro atoms. The second-order valence-corrected chi connectivity index (χ2v) is 8.43. The number of benzene rings is 1. The zero-order valence-corrected chi connectivity index (χ0v) is 20.1. The quantitative estimate of drug-likeness (QED) is 0.352. The first-order valence-corrected chi connectivity index (χ1v) is 12.2. The van der Waals surface area contributed by atoms with Crippen LogP contribution in [0.1, 0.15) is 36.5 Å². The lowest BCUT2D eigenvalue weighted by Crippen LogP contribution is -2.27. The molecule has 1 aromatic carbocycles. The number of aldehydes is 1. The molecule has 0 radical (unpaired) electrons. The summed E-state index contributed by atoms with van der Waals surface area (Å²) in [6.45, 7) is 4.27. The van der Waals surface area contributed by atoms with E-state index in [1.165, 1.54) is 11.1 Å². The third kappa shape index (κ3) is 6.62. The van der Waals surface area contributed by atoms with Crippen molar-refractivity contribution in [2.75, 3.05) is 36.5 Å². The Morgan fingerprint density at radius 1 is 1.11 bits per heavy atom. The number of hydrogen-bond acceptors (Lipinski definition) is 8. The normalized spacial score (nSPS) is 13.0. The first-order chi connectivity index (χ1) is 17.2. The number of nitrogens with one attached hydrogen (secondary N) is 1. The van der Waals surface area contributed by atoms with Gasteiger partial charge in [0.05, 0.1) is 13.0 Å². The van der Waals surface area contributed by atoms with Gasteiger partial charge in [-0.1, -0.05) is 24.3 Å². The number of pyridine rings is 1. The summed E-state index contributed by atoms with van der Waals surface area (Å²) in [5.41, 5.74) is 4.42. The van der Waals surface area contributed by atoms with E-state index >= 15 is 0 Å². The van der Waals surface area contributed by atoms with Gasteiger partial charge in [0.1, 0.15) is 23.6 Å². The number of aryl methyl sites for hydroxylation is 1. The Morgan fingerprint density at radius 2 is 1.89 bits per heavy atom. The van der Waals surface area contributed by atoms with E-state index in [9.17, 15) is 9.59 Å². The van der Waals surface area contributed by atoms with Crippen molar-refractivity contribution in [3.8, 4) is 11.5 Å². The molecule has 0 saturated carbocycles. The Kier molecular flexibility index (Phi) is 8.38.